The van der Waals surface area contributed by atoms with Crippen LogP contribution in [0.3, 0.4) is 0 Å². The van der Waals surface area contributed by atoms with E-state index in [1.165, 1.54) is 12.1 Å². The van der Waals surface area contributed by atoms with Crippen LogP contribution in [-0.2, 0) is 13.0 Å². The van der Waals surface area contributed by atoms with Crippen LogP contribution in [0, 0.1) is 0 Å². The number of carbonyl (C=O) groups excluding carboxylic acids is 1. The zero-order chi connectivity index (χ0) is 22.1. The largest absolute Gasteiger partial charge is 0.493 e. The number of aromatic carboxylic acids is 1. The van der Waals surface area contributed by atoms with E-state index in [4.69, 9.17) is 14.6 Å². The molecule has 2 N–H and O–H groups in total. The first-order chi connectivity index (χ1) is 15.1. The van der Waals surface area contributed by atoms with Crippen molar-refractivity contribution in [1.29, 1.82) is 0 Å². The average molecular weight is 419 g/mol. The molecule has 3 aromatic rings. The van der Waals surface area contributed by atoms with Crippen LogP contribution >= 0.6 is 0 Å². The van der Waals surface area contributed by atoms with Gasteiger partial charge >= 0.3 is 5.97 Å². The summed E-state index contributed by atoms with van der Waals surface area (Å²) >= 11 is 0. The molecule has 6 nitrogen and oxygen atoms in total. The van der Waals surface area contributed by atoms with E-state index in [1.54, 1.807) is 31.4 Å². The number of ether oxygens (including phenoxy) is 2. The Hall–Kier alpha value is -3.80. The van der Waals surface area contributed by atoms with Gasteiger partial charge in [-0.1, -0.05) is 36.4 Å². The summed E-state index contributed by atoms with van der Waals surface area (Å²) in [7, 11) is 1.62. The average Bonchev–Trinajstić information content (AvgIpc) is 2.81. The zero-order valence-electron chi connectivity index (χ0n) is 17.3. The molecule has 0 atom stereocenters. The van der Waals surface area contributed by atoms with Crippen LogP contribution in [-0.4, -0.2) is 30.7 Å². The normalized spacial score (nSPS) is 10.4. The fourth-order valence-electron chi connectivity index (χ4n) is 3.07. The van der Waals surface area contributed by atoms with E-state index in [9.17, 15) is 9.59 Å². The topological polar surface area (TPSA) is 84.9 Å². The van der Waals surface area contributed by atoms with Crippen molar-refractivity contribution < 1.29 is 24.2 Å². The Morgan fingerprint density at radius 1 is 0.839 bits per heavy atom. The second-order valence-corrected chi connectivity index (χ2v) is 6.98. The van der Waals surface area contributed by atoms with Gasteiger partial charge in [0.15, 0.2) is 11.5 Å². The number of nitrogens with one attached hydrogen (secondary N) is 1. The molecule has 6 heteroatoms. The molecular weight excluding hydrogens is 394 g/mol. The van der Waals surface area contributed by atoms with E-state index < -0.39 is 5.97 Å². The molecule has 0 aliphatic carbocycles. The highest BCUT2D eigenvalue weighted by Crippen LogP contribution is 2.25. The smallest absolute Gasteiger partial charge is 0.335 e. The fourth-order valence-corrected chi connectivity index (χ4v) is 3.07. The van der Waals surface area contributed by atoms with Gasteiger partial charge in [0.25, 0.3) is 5.91 Å². The molecule has 1 amide bonds. The van der Waals surface area contributed by atoms with Gasteiger partial charge in [-0.15, -0.1) is 0 Å². The van der Waals surface area contributed by atoms with Crippen LogP contribution in [0.25, 0.3) is 0 Å². The summed E-state index contributed by atoms with van der Waals surface area (Å²) in [5.74, 6) is 0.306. The molecule has 0 saturated carbocycles. The van der Waals surface area contributed by atoms with Crippen molar-refractivity contribution >= 4 is 11.9 Å². The standard InChI is InChI=1S/C25H25NO5/c1-30-22-6-2-3-7-23(22)31-16-4-5-18-8-12-20(13-9-18)24(27)26-17-19-10-14-21(15-11-19)25(28)29/h2-3,6-15H,4-5,16-17H2,1H3,(H,26,27)(H,28,29). The van der Waals surface area contributed by atoms with E-state index in [1.807, 2.05) is 36.4 Å². The minimum absolute atomic E-state index is 0.173. The van der Waals surface area contributed by atoms with Gasteiger partial charge in [-0.3, -0.25) is 4.79 Å². The lowest BCUT2D eigenvalue weighted by atomic mass is 10.1. The number of carbonyl (C=O) groups is 2. The first-order valence-electron chi connectivity index (χ1n) is 10.0. The number of methoxy groups -OCH3 is 1. The first-order valence-corrected chi connectivity index (χ1v) is 10.0. The SMILES string of the molecule is COc1ccccc1OCCCc1ccc(C(=O)NCc2ccc(C(=O)O)cc2)cc1. The van der Waals surface area contributed by atoms with Gasteiger partial charge in [-0.2, -0.15) is 0 Å². The maximum absolute atomic E-state index is 12.3. The maximum atomic E-state index is 12.3. The molecule has 0 aliphatic rings. The molecule has 0 fully saturated rings. The second kappa shape index (κ2) is 10.8. The van der Waals surface area contributed by atoms with Crippen LogP contribution < -0.4 is 14.8 Å². The molecule has 0 saturated heterocycles. The molecule has 3 rings (SSSR count). The number of amides is 1. The van der Waals surface area contributed by atoms with Crippen LogP contribution in [0.5, 0.6) is 11.5 Å². The van der Waals surface area contributed by atoms with Crippen molar-refractivity contribution in [2.45, 2.75) is 19.4 Å². The van der Waals surface area contributed by atoms with E-state index >= 15 is 0 Å². The number of rotatable bonds is 10. The minimum Gasteiger partial charge on any atom is -0.493 e. The lowest BCUT2D eigenvalue weighted by molar-refractivity contribution is 0.0696. The van der Waals surface area contributed by atoms with Gasteiger partial charge in [-0.05, 0) is 60.4 Å². The van der Waals surface area contributed by atoms with E-state index in [0.29, 0.717) is 18.7 Å². The predicted octanol–water partition coefficient (Wildman–Crippen LogP) is 4.34. The Bertz CT molecular complexity index is 1010. The predicted molar refractivity (Wildman–Crippen MR) is 118 cm³/mol. The number of hydrogen-bond donors (Lipinski definition) is 2. The minimum atomic E-state index is -0.970. The number of carboxylic acid groups (broad SMARTS) is 1. The second-order valence-electron chi connectivity index (χ2n) is 6.98. The molecule has 0 spiro atoms. The van der Waals surface area contributed by atoms with E-state index in [2.05, 4.69) is 5.32 Å². The number of aryl methyl sites for hydroxylation is 1. The number of para-hydroxylation sites is 2. The summed E-state index contributed by atoms with van der Waals surface area (Å²) < 4.78 is 11.1. The van der Waals surface area contributed by atoms with Gasteiger partial charge < -0.3 is 19.9 Å². The quantitative estimate of drug-likeness (QED) is 0.478. The molecular formula is C25H25NO5. The van der Waals surface area contributed by atoms with Crippen molar-refractivity contribution in [3.05, 3.63) is 95.1 Å². The molecule has 0 bridgehead atoms. The van der Waals surface area contributed by atoms with Gasteiger partial charge in [0.2, 0.25) is 0 Å². The van der Waals surface area contributed by atoms with Gasteiger partial charge in [0.05, 0.1) is 19.3 Å². The van der Waals surface area contributed by atoms with Crippen molar-refractivity contribution in [3.8, 4) is 11.5 Å². The monoisotopic (exact) mass is 419 g/mol. The third-order valence-corrected chi connectivity index (χ3v) is 4.81. The first kappa shape index (κ1) is 21.9. The highest BCUT2D eigenvalue weighted by atomic mass is 16.5. The molecule has 0 unspecified atom stereocenters. The molecule has 0 radical (unpaired) electrons. The summed E-state index contributed by atoms with van der Waals surface area (Å²) in [5, 5.41) is 11.8. The lowest BCUT2D eigenvalue weighted by Crippen LogP contribution is -2.22. The van der Waals surface area contributed by atoms with Gasteiger partial charge in [0.1, 0.15) is 0 Å². The van der Waals surface area contributed by atoms with Crippen molar-refractivity contribution in [2.24, 2.45) is 0 Å². The molecule has 0 aromatic heterocycles. The van der Waals surface area contributed by atoms with Crippen molar-refractivity contribution in [3.63, 3.8) is 0 Å². The van der Waals surface area contributed by atoms with Crippen LogP contribution in [0.2, 0.25) is 0 Å². The number of carboxylic acids is 1. The zero-order valence-corrected chi connectivity index (χ0v) is 17.3. The molecule has 0 heterocycles. The summed E-state index contributed by atoms with van der Waals surface area (Å²) in [5.41, 5.74) is 2.77. The summed E-state index contributed by atoms with van der Waals surface area (Å²) in [6, 6.07) is 21.5. The van der Waals surface area contributed by atoms with Crippen LogP contribution in [0.1, 0.15) is 38.3 Å². The Kier molecular flexibility index (Phi) is 7.65. The van der Waals surface area contributed by atoms with Crippen molar-refractivity contribution in [1.82, 2.24) is 5.32 Å². The summed E-state index contributed by atoms with van der Waals surface area (Å²) in [6.45, 7) is 0.907. The number of hydrogen-bond acceptors (Lipinski definition) is 4. The third-order valence-electron chi connectivity index (χ3n) is 4.81. The van der Waals surface area contributed by atoms with Gasteiger partial charge in [0, 0.05) is 12.1 Å². The molecule has 0 aliphatic heterocycles. The Labute approximate surface area is 181 Å². The van der Waals surface area contributed by atoms with Gasteiger partial charge in [-0.25, -0.2) is 4.79 Å². The Balaban J connectivity index is 1.43. The summed E-state index contributed by atoms with van der Waals surface area (Å²) in [6.07, 6.45) is 1.68. The maximum Gasteiger partial charge on any atom is 0.335 e. The Morgan fingerprint density at radius 2 is 1.45 bits per heavy atom. The fraction of sp³-hybridized carbons (Fsp3) is 0.200. The molecule has 160 valence electrons. The Morgan fingerprint density at radius 3 is 2.10 bits per heavy atom. The van der Waals surface area contributed by atoms with Crippen LogP contribution in [0.15, 0.2) is 72.8 Å². The third kappa shape index (κ3) is 6.34. The lowest BCUT2D eigenvalue weighted by Gasteiger charge is -2.10. The molecule has 3 aromatic carbocycles. The summed E-state index contributed by atoms with van der Waals surface area (Å²) in [4.78, 5) is 23.2. The highest BCUT2D eigenvalue weighted by molar-refractivity contribution is 5.94. The number of benzene rings is 3. The van der Waals surface area contributed by atoms with E-state index in [-0.39, 0.29) is 11.5 Å². The van der Waals surface area contributed by atoms with E-state index in [0.717, 1.165) is 35.5 Å². The van der Waals surface area contributed by atoms with Crippen molar-refractivity contribution in [2.75, 3.05) is 13.7 Å². The molecule has 31 heavy (non-hydrogen) atoms. The highest BCUT2D eigenvalue weighted by Gasteiger charge is 2.07. The van der Waals surface area contributed by atoms with Crippen LogP contribution in [0.4, 0.5) is 0 Å².